The summed E-state index contributed by atoms with van der Waals surface area (Å²) in [4.78, 5) is 0.0844. The third-order valence-electron chi connectivity index (χ3n) is 2.09. The van der Waals surface area contributed by atoms with Crippen LogP contribution in [0.2, 0.25) is 0 Å². The van der Waals surface area contributed by atoms with Gasteiger partial charge < -0.3 is 0 Å². The summed E-state index contributed by atoms with van der Waals surface area (Å²) in [5.74, 6) is -0.685. The van der Waals surface area contributed by atoms with Gasteiger partial charge >= 0.3 is 0 Å². The summed E-state index contributed by atoms with van der Waals surface area (Å²) in [6.07, 6.45) is 1.68. The number of hydrogen-bond donors (Lipinski definition) is 0. The van der Waals surface area contributed by atoms with Crippen molar-refractivity contribution in [1.82, 2.24) is 9.19 Å². The Bertz CT molecular complexity index is 602. The second-order valence-electron chi connectivity index (χ2n) is 3.35. The van der Waals surface area contributed by atoms with Gasteiger partial charge in [-0.2, -0.15) is 17.6 Å². The van der Waals surface area contributed by atoms with Gasteiger partial charge in [-0.15, -0.1) is 0 Å². The lowest BCUT2D eigenvalue weighted by atomic mass is 10.2. The lowest BCUT2D eigenvalue weighted by Gasteiger charge is -2.03. The predicted molar refractivity (Wildman–Crippen MR) is 55.9 cm³/mol. The van der Waals surface area contributed by atoms with Gasteiger partial charge in [0.1, 0.15) is 0 Å². The molecule has 2 aromatic rings. The van der Waals surface area contributed by atoms with Gasteiger partial charge in [-0.25, -0.2) is 4.39 Å². The fraction of sp³-hybridized carbons (Fsp3) is 0.100. The van der Waals surface area contributed by atoms with Crippen molar-refractivity contribution >= 4 is 10.0 Å². The van der Waals surface area contributed by atoms with E-state index < -0.39 is 15.8 Å². The molecule has 1 aromatic carbocycles. The lowest BCUT2D eigenvalue weighted by Crippen LogP contribution is -2.13. The molecule has 0 fully saturated rings. The molecule has 16 heavy (non-hydrogen) atoms. The quantitative estimate of drug-likeness (QED) is 0.800. The van der Waals surface area contributed by atoms with E-state index in [1.54, 1.807) is 12.1 Å². The van der Waals surface area contributed by atoms with Crippen molar-refractivity contribution in [1.29, 1.82) is 0 Å². The highest BCUT2D eigenvalue weighted by atomic mass is 32.2. The third kappa shape index (κ3) is 1.83. The zero-order valence-corrected chi connectivity index (χ0v) is 9.28. The summed E-state index contributed by atoms with van der Waals surface area (Å²) in [5.41, 5.74) is 0.950. The monoisotopic (exact) mass is 240 g/mol. The van der Waals surface area contributed by atoms with Crippen LogP contribution in [-0.2, 0) is 10.0 Å². The minimum absolute atomic E-state index is 0.0844. The maximum atomic E-state index is 12.7. The Morgan fingerprint density at radius 2 is 1.88 bits per heavy atom. The molecule has 2 rings (SSSR count). The maximum Gasteiger partial charge on any atom is 0.283 e. The average molecular weight is 240 g/mol. The first-order chi connectivity index (χ1) is 7.50. The summed E-state index contributed by atoms with van der Waals surface area (Å²) in [6, 6.07) is 6.27. The molecule has 0 aliphatic carbocycles. The molecular weight excluding hydrogens is 231 g/mol. The van der Waals surface area contributed by atoms with E-state index in [2.05, 4.69) is 5.10 Å². The highest BCUT2D eigenvalue weighted by molar-refractivity contribution is 7.89. The van der Waals surface area contributed by atoms with Crippen LogP contribution in [0.5, 0.6) is 0 Å². The highest BCUT2D eigenvalue weighted by Crippen LogP contribution is 2.13. The van der Waals surface area contributed by atoms with E-state index in [0.717, 1.165) is 18.0 Å². The van der Waals surface area contributed by atoms with Crippen LogP contribution >= 0.6 is 0 Å². The summed E-state index contributed by atoms with van der Waals surface area (Å²) in [7, 11) is -3.77. The fourth-order valence-electron chi connectivity index (χ4n) is 1.23. The Labute approximate surface area is 92.4 Å². The van der Waals surface area contributed by atoms with Crippen LogP contribution < -0.4 is 0 Å². The number of rotatable bonds is 2. The number of hydrogen-bond acceptors (Lipinski definition) is 3. The smallest absolute Gasteiger partial charge is 0.203 e. The first-order valence-corrected chi connectivity index (χ1v) is 5.96. The van der Waals surface area contributed by atoms with Crippen molar-refractivity contribution in [2.75, 3.05) is 0 Å². The van der Waals surface area contributed by atoms with Gasteiger partial charge in [0.05, 0.1) is 17.3 Å². The summed E-state index contributed by atoms with van der Waals surface area (Å²) in [6.45, 7) is 1.85. The second kappa shape index (κ2) is 3.71. The molecule has 0 atom stereocenters. The normalized spacial score (nSPS) is 11.6. The minimum Gasteiger partial charge on any atom is -0.203 e. The summed E-state index contributed by atoms with van der Waals surface area (Å²) >= 11 is 0. The first-order valence-electron chi connectivity index (χ1n) is 4.52. The van der Waals surface area contributed by atoms with Crippen molar-refractivity contribution in [2.45, 2.75) is 11.8 Å². The first kappa shape index (κ1) is 10.8. The number of nitrogens with zero attached hydrogens (tertiary/aromatic N) is 2. The predicted octanol–water partition coefficient (Wildman–Crippen LogP) is 1.57. The number of benzene rings is 1. The molecule has 6 heteroatoms. The van der Waals surface area contributed by atoms with E-state index in [0.29, 0.717) is 4.09 Å². The summed E-state index contributed by atoms with van der Waals surface area (Å²) < 4.78 is 37.1. The molecule has 0 saturated heterocycles. The molecule has 0 saturated carbocycles. The Hall–Kier alpha value is -1.69. The number of aryl methyl sites for hydroxylation is 1. The van der Waals surface area contributed by atoms with E-state index in [-0.39, 0.29) is 4.90 Å². The molecule has 0 spiro atoms. The fourth-order valence-corrected chi connectivity index (χ4v) is 2.34. The van der Waals surface area contributed by atoms with Crippen molar-refractivity contribution in [2.24, 2.45) is 0 Å². The molecule has 0 aliphatic rings. The van der Waals surface area contributed by atoms with Crippen LogP contribution in [0.25, 0.3) is 0 Å². The van der Waals surface area contributed by atoms with Gasteiger partial charge in [-0.3, -0.25) is 0 Å². The zero-order chi connectivity index (χ0) is 11.8. The molecule has 0 bridgehead atoms. The van der Waals surface area contributed by atoms with Crippen molar-refractivity contribution < 1.29 is 12.8 Å². The van der Waals surface area contributed by atoms with E-state index >= 15 is 0 Å². The lowest BCUT2D eigenvalue weighted by molar-refractivity contribution is 0.578. The molecule has 0 amide bonds. The second-order valence-corrected chi connectivity index (χ2v) is 5.14. The molecule has 1 aromatic heterocycles. The van der Waals surface area contributed by atoms with Crippen LogP contribution in [0, 0.1) is 12.7 Å². The zero-order valence-electron chi connectivity index (χ0n) is 8.46. The standard InChI is InChI=1S/C10H9FN2O2S/c1-8-2-4-10(5-3-8)16(14,15)13-7-9(11)6-12-13/h2-7H,1H3. The Balaban J connectivity index is 2.51. The topological polar surface area (TPSA) is 52.0 Å². The molecule has 0 aliphatic heterocycles. The van der Waals surface area contributed by atoms with Crippen molar-refractivity contribution in [3.05, 3.63) is 48.0 Å². The van der Waals surface area contributed by atoms with Crippen LogP contribution in [0.3, 0.4) is 0 Å². The third-order valence-corrected chi connectivity index (χ3v) is 3.65. The molecule has 1 heterocycles. The number of aromatic nitrogens is 2. The SMILES string of the molecule is Cc1ccc(S(=O)(=O)n2cc(F)cn2)cc1. The van der Waals surface area contributed by atoms with Gasteiger partial charge in [0.25, 0.3) is 10.0 Å². The van der Waals surface area contributed by atoms with Gasteiger partial charge in [0, 0.05) is 0 Å². The average Bonchev–Trinajstić information content (AvgIpc) is 2.66. The van der Waals surface area contributed by atoms with Crippen LogP contribution in [0.4, 0.5) is 4.39 Å². The Morgan fingerprint density at radius 3 is 2.38 bits per heavy atom. The molecule has 4 nitrogen and oxygen atoms in total. The van der Waals surface area contributed by atoms with Crippen LogP contribution in [0.15, 0.2) is 41.6 Å². The van der Waals surface area contributed by atoms with Gasteiger partial charge in [-0.05, 0) is 19.1 Å². The molecular formula is C10H9FN2O2S. The van der Waals surface area contributed by atoms with Crippen molar-refractivity contribution in [3.8, 4) is 0 Å². The largest absolute Gasteiger partial charge is 0.283 e. The van der Waals surface area contributed by atoms with E-state index in [9.17, 15) is 12.8 Å². The molecule has 0 N–H and O–H groups in total. The van der Waals surface area contributed by atoms with E-state index in [1.165, 1.54) is 12.1 Å². The molecule has 84 valence electrons. The Morgan fingerprint density at radius 1 is 1.25 bits per heavy atom. The maximum absolute atomic E-state index is 12.7. The van der Waals surface area contributed by atoms with Crippen LogP contribution in [0.1, 0.15) is 5.56 Å². The van der Waals surface area contributed by atoms with Crippen LogP contribution in [-0.4, -0.2) is 17.6 Å². The van der Waals surface area contributed by atoms with Gasteiger partial charge in [-0.1, -0.05) is 17.7 Å². The summed E-state index contributed by atoms with van der Waals surface area (Å²) in [5, 5.41) is 3.44. The highest BCUT2D eigenvalue weighted by Gasteiger charge is 2.17. The van der Waals surface area contributed by atoms with Gasteiger partial charge in [0.2, 0.25) is 0 Å². The van der Waals surface area contributed by atoms with Crippen molar-refractivity contribution in [3.63, 3.8) is 0 Å². The molecule has 0 radical (unpaired) electrons. The number of halogens is 1. The van der Waals surface area contributed by atoms with E-state index in [1.807, 2.05) is 6.92 Å². The van der Waals surface area contributed by atoms with E-state index in [4.69, 9.17) is 0 Å². The van der Waals surface area contributed by atoms with Gasteiger partial charge in [0.15, 0.2) is 5.82 Å². The Kier molecular flexibility index (Phi) is 2.51. The minimum atomic E-state index is -3.77. The molecule has 0 unspecified atom stereocenters.